The molecule has 0 unspecified atom stereocenters. The molecule has 0 aromatic carbocycles. The third-order valence-electron chi connectivity index (χ3n) is 2.12. The maximum Gasteiger partial charge on any atom is 0.242 e. The summed E-state index contributed by atoms with van der Waals surface area (Å²) in [6, 6.07) is 3.51. The maximum absolute atomic E-state index is 10.4. The average Bonchev–Trinajstić information content (AvgIpc) is 2.83. The van der Waals surface area contributed by atoms with Crippen LogP contribution in [-0.4, -0.2) is 21.5 Å². The van der Waals surface area contributed by atoms with Gasteiger partial charge in [0.15, 0.2) is 5.82 Å². The molecule has 8 nitrogen and oxygen atoms in total. The van der Waals surface area contributed by atoms with Crippen LogP contribution in [0.1, 0.15) is 5.76 Å². The number of amides is 1. The van der Waals surface area contributed by atoms with E-state index in [1.165, 1.54) is 6.26 Å². The van der Waals surface area contributed by atoms with Crippen molar-refractivity contribution in [3.8, 4) is 5.88 Å². The number of hydrogen-bond donors (Lipinski definition) is 4. The van der Waals surface area contributed by atoms with Crippen LogP contribution in [0.3, 0.4) is 0 Å². The summed E-state index contributed by atoms with van der Waals surface area (Å²) in [6.07, 6.45) is 1.94. The van der Waals surface area contributed by atoms with Gasteiger partial charge in [-0.25, -0.2) is 0 Å². The molecular formula is C10H11N5O3. The van der Waals surface area contributed by atoms with Gasteiger partial charge in [0.05, 0.1) is 12.8 Å². The number of nitrogen functional groups attached to an aromatic ring is 1. The smallest absolute Gasteiger partial charge is 0.242 e. The maximum atomic E-state index is 10.4. The number of nitrogens with one attached hydrogen (secondary N) is 2. The highest BCUT2D eigenvalue weighted by Crippen LogP contribution is 2.28. The van der Waals surface area contributed by atoms with Crippen LogP contribution in [0.25, 0.3) is 0 Å². The molecule has 0 aliphatic heterocycles. The lowest BCUT2D eigenvalue weighted by atomic mass is 10.4. The van der Waals surface area contributed by atoms with Gasteiger partial charge in [0, 0.05) is 0 Å². The van der Waals surface area contributed by atoms with Gasteiger partial charge in [-0.2, -0.15) is 9.97 Å². The fourth-order valence-electron chi connectivity index (χ4n) is 1.37. The van der Waals surface area contributed by atoms with Gasteiger partial charge in [0.25, 0.3) is 0 Å². The molecule has 18 heavy (non-hydrogen) atoms. The van der Waals surface area contributed by atoms with Crippen molar-refractivity contribution in [3.63, 3.8) is 0 Å². The van der Waals surface area contributed by atoms with Crippen molar-refractivity contribution in [1.82, 2.24) is 9.97 Å². The summed E-state index contributed by atoms with van der Waals surface area (Å²) in [5, 5.41) is 14.7. The second-order valence-electron chi connectivity index (χ2n) is 3.32. The molecule has 2 aromatic heterocycles. The first-order chi connectivity index (χ1) is 8.70. The van der Waals surface area contributed by atoms with Crippen LogP contribution in [0.5, 0.6) is 5.88 Å². The van der Waals surface area contributed by atoms with Gasteiger partial charge >= 0.3 is 0 Å². The summed E-state index contributed by atoms with van der Waals surface area (Å²) in [4.78, 5) is 17.9. The predicted molar refractivity (Wildman–Crippen MR) is 63.8 cm³/mol. The van der Waals surface area contributed by atoms with Crippen LogP contribution in [0.4, 0.5) is 17.5 Å². The summed E-state index contributed by atoms with van der Waals surface area (Å²) in [7, 11) is 0. The summed E-state index contributed by atoms with van der Waals surface area (Å²) < 4.78 is 5.13. The Bertz CT molecular complexity index is 541. The minimum absolute atomic E-state index is 0.0609. The molecule has 94 valence electrons. The van der Waals surface area contributed by atoms with Gasteiger partial charge in [-0.15, -0.1) is 0 Å². The number of carbonyl (C=O) groups is 1. The second-order valence-corrected chi connectivity index (χ2v) is 3.32. The van der Waals surface area contributed by atoms with E-state index in [-0.39, 0.29) is 17.5 Å². The lowest BCUT2D eigenvalue weighted by Crippen LogP contribution is -2.08. The SMILES string of the molecule is Nc1nc(O)c(NC=O)c(NCc2ccco2)n1. The van der Waals surface area contributed by atoms with Crippen LogP contribution in [0.15, 0.2) is 22.8 Å². The van der Waals surface area contributed by atoms with E-state index in [1.807, 2.05) is 0 Å². The zero-order chi connectivity index (χ0) is 13.0. The zero-order valence-electron chi connectivity index (χ0n) is 9.25. The highest BCUT2D eigenvalue weighted by atomic mass is 16.3. The molecule has 2 aromatic rings. The molecule has 0 spiro atoms. The molecule has 0 bridgehead atoms. The predicted octanol–water partition coefficient (Wildman–Crippen LogP) is 0.538. The van der Waals surface area contributed by atoms with Crippen molar-refractivity contribution >= 4 is 23.9 Å². The highest BCUT2D eigenvalue weighted by Gasteiger charge is 2.12. The summed E-state index contributed by atoms with van der Waals surface area (Å²) in [5.41, 5.74) is 5.47. The number of nitrogens with zero attached hydrogens (tertiary/aromatic N) is 2. The third-order valence-corrected chi connectivity index (χ3v) is 2.12. The Hall–Kier alpha value is -2.77. The molecule has 2 rings (SSSR count). The van der Waals surface area contributed by atoms with Gasteiger partial charge in [0.1, 0.15) is 11.4 Å². The van der Waals surface area contributed by atoms with Gasteiger partial charge in [-0.05, 0) is 12.1 Å². The van der Waals surface area contributed by atoms with E-state index >= 15 is 0 Å². The molecule has 0 saturated carbocycles. The average molecular weight is 249 g/mol. The third kappa shape index (κ3) is 2.48. The van der Waals surface area contributed by atoms with Gasteiger partial charge in [0.2, 0.25) is 18.2 Å². The Kier molecular flexibility index (Phi) is 3.28. The number of aromatic nitrogens is 2. The molecule has 5 N–H and O–H groups in total. The van der Waals surface area contributed by atoms with Crippen LogP contribution in [0, 0.1) is 0 Å². The topological polar surface area (TPSA) is 126 Å². The van der Waals surface area contributed by atoms with E-state index in [4.69, 9.17) is 10.2 Å². The van der Waals surface area contributed by atoms with Crippen molar-refractivity contribution in [2.24, 2.45) is 0 Å². The van der Waals surface area contributed by atoms with E-state index in [1.54, 1.807) is 12.1 Å². The van der Waals surface area contributed by atoms with E-state index in [0.29, 0.717) is 18.7 Å². The van der Waals surface area contributed by atoms with Crippen molar-refractivity contribution in [2.45, 2.75) is 6.54 Å². The first kappa shape index (κ1) is 11.7. The second kappa shape index (κ2) is 5.04. The molecule has 0 aliphatic rings. The minimum Gasteiger partial charge on any atom is -0.492 e. The fraction of sp³-hybridized carbons (Fsp3) is 0.100. The number of anilines is 3. The molecule has 0 aliphatic carbocycles. The van der Waals surface area contributed by atoms with Crippen LogP contribution in [-0.2, 0) is 11.3 Å². The Morgan fingerprint density at radius 1 is 1.50 bits per heavy atom. The highest BCUT2D eigenvalue weighted by molar-refractivity contribution is 5.82. The molecular weight excluding hydrogens is 238 g/mol. The molecule has 0 saturated heterocycles. The number of aromatic hydroxyl groups is 1. The summed E-state index contributed by atoms with van der Waals surface area (Å²) in [5.74, 6) is 0.370. The molecule has 0 radical (unpaired) electrons. The van der Waals surface area contributed by atoms with E-state index in [9.17, 15) is 9.90 Å². The van der Waals surface area contributed by atoms with Crippen molar-refractivity contribution < 1.29 is 14.3 Å². The normalized spacial score (nSPS) is 10.0. The molecule has 0 atom stereocenters. The van der Waals surface area contributed by atoms with Crippen molar-refractivity contribution in [3.05, 3.63) is 24.2 Å². The van der Waals surface area contributed by atoms with E-state index in [0.717, 1.165) is 0 Å². The van der Waals surface area contributed by atoms with Crippen LogP contribution >= 0.6 is 0 Å². The van der Waals surface area contributed by atoms with E-state index < -0.39 is 5.88 Å². The Morgan fingerprint density at radius 3 is 3.00 bits per heavy atom. The summed E-state index contributed by atoms with van der Waals surface area (Å²) >= 11 is 0. The van der Waals surface area contributed by atoms with Gasteiger partial charge in [-0.3, -0.25) is 4.79 Å². The Balaban J connectivity index is 2.22. The number of hydrogen-bond acceptors (Lipinski definition) is 7. The molecule has 8 heteroatoms. The Labute approximate surface area is 102 Å². The first-order valence-electron chi connectivity index (χ1n) is 5.03. The zero-order valence-corrected chi connectivity index (χ0v) is 9.25. The lowest BCUT2D eigenvalue weighted by molar-refractivity contribution is -0.105. The van der Waals surface area contributed by atoms with Gasteiger partial charge < -0.3 is 25.9 Å². The fourth-order valence-corrected chi connectivity index (χ4v) is 1.37. The quantitative estimate of drug-likeness (QED) is 0.569. The number of furan rings is 1. The summed E-state index contributed by atoms with van der Waals surface area (Å²) in [6.45, 7) is 0.330. The molecule has 1 amide bonds. The van der Waals surface area contributed by atoms with Crippen molar-refractivity contribution in [2.75, 3.05) is 16.4 Å². The van der Waals surface area contributed by atoms with Crippen LogP contribution in [0.2, 0.25) is 0 Å². The molecule has 2 heterocycles. The lowest BCUT2D eigenvalue weighted by Gasteiger charge is -2.10. The van der Waals surface area contributed by atoms with Crippen LogP contribution < -0.4 is 16.4 Å². The monoisotopic (exact) mass is 249 g/mol. The van der Waals surface area contributed by atoms with Crippen molar-refractivity contribution in [1.29, 1.82) is 0 Å². The Morgan fingerprint density at radius 2 is 2.33 bits per heavy atom. The number of rotatable bonds is 5. The number of nitrogens with two attached hydrogens (primary N) is 1. The standard InChI is InChI=1S/C10H11N5O3/c11-10-14-8(7(13-5-16)9(17)15-10)12-4-6-2-1-3-18-6/h1-3,5H,4H2,(H,13,16)(H4,11,12,14,15,17). The van der Waals surface area contributed by atoms with Gasteiger partial charge in [-0.1, -0.05) is 0 Å². The number of carbonyl (C=O) groups excluding carboxylic acids is 1. The molecule has 0 fully saturated rings. The first-order valence-corrected chi connectivity index (χ1v) is 5.03. The minimum atomic E-state index is -0.406. The largest absolute Gasteiger partial charge is 0.492 e. The van der Waals surface area contributed by atoms with E-state index in [2.05, 4.69) is 20.6 Å².